The molecule has 5 nitrogen and oxygen atoms in total. The van der Waals surface area contributed by atoms with Crippen molar-refractivity contribution in [3.63, 3.8) is 0 Å². The molecule has 0 spiro atoms. The van der Waals surface area contributed by atoms with Crippen LogP contribution in [0, 0.1) is 0 Å². The van der Waals surface area contributed by atoms with Gasteiger partial charge >= 0.3 is 5.97 Å². The Morgan fingerprint density at radius 3 is 1.97 bits per heavy atom. The van der Waals surface area contributed by atoms with E-state index in [1.165, 1.54) is 0 Å². The molecule has 5 rings (SSSR count). The molecule has 0 saturated heterocycles. The van der Waals surface area contributed by atoms with Gasteiger partial charge in [0.25, 0.3) is 0 Å². The molecule has 0 unspecified atom stereocenters. The molecule has 0 aliphatic carbocycles. The largest absolute Gasteiger partial charge is 0.463 e. The minimum atomic E-state index is -0.849. The predicted molar refractivity (Wildman–Crippen MR) is 144 cm³/mol. The topological polar surface area (TPSA) is 63.6 Å². The molecule has 0 amide bonds. The maximum atomic E-state index is 12.9. The molecule has 0 saturated carbocycles. The summed E-state index contributed by atoms with van der Waals surface area (Å²) in [5.41, 5.74) is 4.41. The summed E-state index contributed by atoms with van der Waals surface area (Å²) in [5, 5.41) is 3.48. The summed E-state index contributed by atoms with van der Waals surface area (Å²) < 4.78 is 5.38. The van der Waals surface area contributed by atoms with E-state index in [9.17, 15) is 4.79 Å². The number of ether oxygens (including phenoxy) is 1. The van der Waals surface area contributed by atoms with E-state index in [2.05, 4.69) is 46.7 Å². The van der Waals surface area contributed by atoms with Crippen molar-refractivity contribution in [3.8, 4) is 0 Å². The highest BCUT2D eigenvalue weighted by atomic mass is 16.5. The Kier molecular flexibility index (Phi) is 6.72. The number of aromatic nitrogens is 1. The highest BCUT2D eigenvalue weighted by Gasteiger charge is 2.37. The number of benzene rings is 3. The SMILES string of the molecule is CCOC(=O)C1=Cc2ccncc2NC(=NC(c2ccccc2)(c2ccccc2)c2ccccc2)C1. The van der Waals surface area contributed by atoms with Crippen molar-refractivity contribution in [1.82, 2.24) is 4.98 Å². The molecule has 5 heteroatoms. The fourth-order valence-electron chi connectivity index (χ4n) is 4.61. The Hall–Kier alpha value is -4.51. The zero-order chi connectivity index (χ0) is 24.8. The number of hydrogen-bond donors (Lipinski definition) is 1. The lowest BCUT2D eigenvalue weighted by molar-refractivity contribution is -0.138. The fourth-order valence-corrected chi connectivity index (χ4v) is 4.61. The van der Waals surface area contributed by atoms with Gasteiger partial charge in [0.1, 0.15) is 11.4 Å². The van der Waals surface area contributed by atoms with Gasteiger partial charge < -0.3 is 10.1 Å². The predicted octanol–water partition coefficient (Wildman–Crippen LogP) is 6.23. The van der Waals surface area contributed by atoms with Crippen molar-refractivity contribution < 1.29 is 9.53 Å². The first-order chi connectivity index (χ1) is 17.7. The number of nitrogens with zero attached hydrogens (tertiary/aromatic N) is 2. The standard InChI is InChI=1S/C31H27N3O2/c1-2-36-30(35)24-20-23-18-19-32-22-28(23)33-29(21-24)34-31(25-12-6-3-7-13-25,26-14-8-4-9-15-26)27-16-10-5-11-17-27/h3-20,22H,2,21H2,1H3,(H,33,34). The molecule has 178 valence electrons. The highest BCUT2D eigenvalue weighted by molar-refractivity contribution is 6.08. The minimum Gasteiger partial charge on any atom is -0.463 e. The Morgan fingerprint density at radius 1 is 0.889 bits per heavy atom. The molecule has 1 N–H and O–H groups in total. The quantitative estimate of drug-likeness (QED) is 0.266. The number of aliphatic imine (C=N–C) groups is 1. The lowest BCUT2D eigenvalue weighted by Gasteiger charge is -2.33. The average Bonchev–Trinajstić information content (AvgIpc) is 3.12. The van der Waals surface area contributed by atoms with Gasteiger partial charge in [-0.15, -0.1) is 0 Å². The van der Waals surface area contributed by atoms with Crippen LogP contribution in [0.2, 0.25) is 0 Å². The molecule has 3 aromatic carbocycles. The number of hydrogen-bond acceptors (Lipinski definition) is 4. The van der Waals surface area contributed by atoms with Crippen LogP contribution in [0.3, 0.4) is 0 Å². The Balaban J connectivity index is 1.77. The van der Waals surface area contributed by atoms with E-state index >= 15 is 0 Å². The smallest absolute Gasteiger partial charge is 0.334 e. The molecule has 0 radical (unpaired) electrons. The number of anilines is 1. The van der Waals surface area contributed by atoms with Gasteiger partial charge in [0.05, 0.1) is 18.5 Å². The van der Waals surface area contributed by atoms with Crippen molar-refractivity contribution in [1.29, 1.82) is 0 Å². The Morgan fingerprint density at radius 2 is 1.44 bits per heavy atom. The first-order valence-electron chi connectivity index (χ1n) is 12.0. The van der Waals surface area contributed by atoms with Gasteiger partial charge in [-0.1, -0.05) is 91.0 Å². The first kappa shape index (κ1) is 23.2. The zero-order valence-corrected chi connectivity index (χ0v) is 20.1. The van der Waals surface area contributed by atoms with Crippen molar-refractivity contribution in [2.75, 3.05) is 11.9 Å². The summed E-state index contributed by atoms with van der Waals surface area (Å²) in [5.74, 6) is 0.305. The lowest BCUT2D eigenvalue weighted by atomic mass is 9.77. The third-order valence-corrected chi connectivity index (χ3v) is 6.24. The zero-order valence-electron chi connectivity index (χ0n) is 20.1. The Bertz CT molecular complexity index is 1300. The molecule has 0 atom stereocenters. The van der Waals surface area contributed by atoms with E-state index < -0.39 is 5.54 Å². The summed E-state index contributed by atoms with van der Waals surface area (Å²) in [6, 6.07) is 32.6. The molecule has 0 fully saturated rings. The van der Waals surface area contributed by atoms with Gasteiger partial charge in [0.2, 0.25) is 0 Å². The van der Waals surface area contributed by atoms with Crippen LogP contribution in [0.15, 0.2) is 120 Å². The van der Waals surface area contributed by atoms with E-state index in [4.69, 9.17) is 9.73 Å². The van der Waals surface area contributed by atoms with Gasteiger partial charge in [-0.25, -0.2) is 4.79 Å². The highest BCUT2D eigenvalue weighted by Crippen LogP contribution is 2.41. The number of amidine groups is 1. The third-order valence-electron chi connectivity index (χ3n) is 6.24. The van der Waals surface area contributed by atoms with Crippen LogP contribution in [-0.4, -0.2) is 23.4 Å². The molecular formula is C31H27N3O2. The number of rotatable bonds is 6. The normalized spacial score (nSPS) is 14.2. The monoisotopic (exact) mass is 473 g/mol. The van der Waals surface area contributed by atoms with Crippen LogP contribution in [0.4, 0.5) is 5.69 Å². The number of esters is 1. The Labute approximate surface area is 211 Å². The summed E-state index contributed by atoms with van der Waals surface area (Å²) in [6.07, 6.45) is 5.62. The van der Waals surface area contributed by atoms with E-state index in [1.807, 2.05) is 73.7 Å². The second kappa shape index (κ2) is 10.4. The van der Waals surface area contributed by atoms with Crippen molar-refractivity contribution in [2.45, 2.75) is 18.9 Å². The summed E-state index contributed by atoms with van der Waals surface area (Å²) in [4.78, 5) is 22.6. The summed E-state index contributed by atoms with van der Waals surface area (Å²) in [6.45, 7) is 2.12. The maximum absolute atomic E-state index is 12.9. The molecule has 36 heavy (non-hydrogen) atoms. The van der Waals surface area contributed by atoms with Crippen LogP contribution < -0.4 is 5.32 Å². The average molecular weight is 474 g/mol. The van der Waals surface area contributed by atoms with Crippen LogP contribution >= 0.6 is 0 Å². The first-order valence-corrected chi connectivity index (χ1v) is 12.0. The van der Waals surface area contributed by atoms with E-state index in [0.717, 1.165) is 27.9 Å². The molecule has 0 bridgehead atoms. The molecule has 1 aliphatic heterocycles. The van der Waals surface area contributed by atoms with Crippen LogP contribution in [0.25, 0.3) is 6.08 Å². The van der Waals surface area contributed by atoms with Crippen LogP contribution in [-0.2, 0) is 15.1 Å². The molecule has 1 aromatic heterocycles. The molecule has 1 aliphatic rings. The molecule has 2 heterocycles. The summed E-state index contributed by atoms with van der Waals surface area (Å²) >= 11 is 0. The second-order valence-electron chi connectivity index (χ2n) is 8.52. The number of nitrogens with one attached hydrogen (secondary N) is 1. The van der Waals surface area contributed by atoms with E-state index in [-0.39, 0.29) is 5.97 Å². The summed E-state index contributed by atoms with van der Waals surface area (Å²) in [7, 11) is 0. The van der Waals surface area contributed by atoms with Gasteiger partial charge in [-0.05, 0) is 35.8 Å². The van der Waals surface area contributed by atoms with Crippen molar-refractivity contribution in [2.24, 2.45) is 4.99 Å². The van der Waals surface area contributed by atoms with Crippen LogP contribution in [0.1, 0.15) is 35.6 Å². The maximum Gasteiger partial charge on any atom is 0.334 e. The van der Waals surface area contributed by atoms with Crippen molar-refractivity contribution >= 4 is 23.6 Å². The third kappa shape index (κ3) is 4.56. The number of carbonyl (C=O) groups excluding carboxylic acids is 1. The number of carbonyl (C=O) groups is 1. The minimum absolute atomic E-state index is 0.293. The van der Waals surface area contributed by atoms with E-state index in [1.54, 1.807) is 12.4 Å². The fraction of sp³-hybridized carbons (Fsp3) is 0.129. The van der Waals surface area contributed by atoms with Gasteiger partial charge in [0.15, 0.2) is 0 Å². The second-order valence-corrected chi connectivity index (χ2v) is 8.52. The lowest BCUT2D eigenvalue weighted by Crippen LogP contribution is -2.31. The van der Waals surface area contributed by atoms with Gasteiger partial charge in [0, 0.05) is 23.8 Å². The molecule has 4 aromatic rings. The van der Waals surface area contributed by atoms with E-state index in [0.29, 0.717) is 24.4 Å². The number of pyridine rings is 1. The van der Waals surface area contributed by atoms with Crippen LogP contribution in [0.5, 0.6) is 0 Å². The van der Waals surface area contributed by atoms with Crippen molar-refractivity contribution in [3.05, 3.63) is 137 Å². The van der Waals surface area contributed by atoms with Gasteiger partial charge in [-0.2, -0.15) is 0 Å². The molecular weight excluding hydrogens is 446 g/mol. The number of fused-ring (bicyclic) bond motifs is 1. The van der Waals surface area contributed by atoms with Gasteiger partial charge in [-0.3, -0.25) is 9.98 Å².